The molecule has 0 bridgehead atoms. The van der Waals surface area contributed by atoms with E-state index in [1.807, 2.05) is 13.8 Å². The van der Waals surface area contributed by atoms with Gasteiger partial charge in [-0.1, -0.05) is 0 Å². The van der Waals surface area contributed by atoms with Gasteiger partial charge in [0.15, 0.2) is 0 Å². The highest BCUT2D eigenvalue weighted by molar-refractivity contribution is 5.49. The summed E-state index contributed by atoms with van der Waals surface area (Å²) in [5.74, 6) is 1.67. The Kier molecular flexibility index (Phi) is 4.47. The fourth-order valence-corrected chi connectivity index (χ4v) is 1.17. The highest BCUT2D eigenvalue weighted by atomic mass is 16.5. The number of hydrogen-bond donors (Lipinski definition) is 0. The summed E-state index contributed by atoms with van der Waals surface area (Å²) in [5, 5.41) is 0. The zero-order valence-electron chi connectivity index (χ0n) is 8.86. The van der Waals surface area contributed by atoms with Crippen molar-refractivity contribution in [2.45, 2.75) is 13.8 Å². The summed E-state index contributed by atoms with van der Waals surface area (Å²) < 4.78 is 15.3. The van der Waals surface area contributed by atoms with E-state index in [2.05, 4.69) is 0 Å². The van der Waals surface area contributed by atoms with Crippen LogP contribution in [0.3, 0.4) is 0 Å². The van der Waals surface area contributed by atoms with Crippen LogP contribution in [0.2, 0.25) is 0 Å². The lowest BCUT2D eigenvalue weighted by Gasteiger charge is -2.09. The molecule has 0 heterocycles. The second-order valence-corrected chi connectivity index (χ2v) is 2.72. The second kappa shape index (κ2) is 5.90. The zero-order valence-corrected chi connectivity index (χ0v) is 8.86. The summed E-state index contributed by atoms with van der Waals surface area (Å²) in [6.07, 6.45) is 0. The first kappa shape index (κ1) is 11.4. The van der Waals surface area contributed by atoms with Crippen LogP contribution >= 0.6 is 0 Å². The van der Waals surface area contributed by atoms with Crippen LogP contribution in [0, 0.1) is 0 Å². The van der Waals surface area contributed by atoms with Crippen molar-refractivity contribution in [1.29, 1.82) is 0 Å². The highest BCUT2D eigenvalue weighted by Crippen LogP contribution is 2.27. The summed E-state index contributed by atoms with van der Waals surface area (Å²) in [5.41, 5.74) is 0. The molecule has 0 saturated heterocycles. The molecule has 1 rings (SSSR count). The first-order valence-corrected chi connectivity index (χ1v) is 4.81. The van der Waals surface area contributed by atoms with E-state index >= 15 is 0 Å². The number of benzene rings is 1. The van der Waals surface area contributed by atoms with Gasteiger partial charge in [0.25, 0.3) is 6.47 Å². The van der Waals surface area contributed by atoms with Crippen LogP contribution in [0.1, 0.15) is 13.8 Å². The van der Waals surface area contributed by atoms with Crippen molar-refractivity contribution >= 4 is 6.47 Å². The molecule has 4 heteroatoms. The third kappa shape index (κ3) is 3.50. The fourth-order valence-electron chi connectivity index (χ4n) is 1.17. The van der Waals surface area contributed by atoms with E-state index in [1.165, 1.54) is 0 Å². The average Bonchev–Trinajstić information content (AvgIpc) is 2.19. The number of carbonyl (C=O) groups excluding carboxylic acids is 1. The lowest BCUT2D eigenvalue weighted by molar-refractivity contribution is -0.120. The molecule has 0 N–H and O–H groups in total. The standard InChI is InChI=1S/C11H14O4/c1-3-13-9-5-10(14-4-2)7-11(6-9)15-8-12/h5-8H,3-4H2,1-2H3. The maximum Gasteiger partial charge on any atom is 0.298 e. The average molecular weight is 210 g/mol. The molecule has 0 aliphatic heterocycles. The molecule has 0 radical (unpaired) electrons. The minimum absolute atomic E-state index is 0.376. The van der Waals surface area contributed by atoms with Gasteiger partial charge in [0.1, 0.15) is 17.2 Å². The zero-order chi connectivity index (χ0) is 11.1. The molecule has 1 aromatic rings. The van der Waals surface area contributed by atoms with Gasteiger partial charge in [-0.25, -0.2) is 0 Å². The number of rotatable bonds is 6. The van der Waals surface area contributed by atoms with Crippen molar-refractivity contribution in [3.8, 4) is 17.2 Å². The molecule has 0 aliphatic carbocycles. The van der Waals surface area contributed by atoms with Crippen molar-refractivity contribution in [2.75, 3.05) is 13.2 Å². The molecule has 0 amide bonds. The largest absolute Gasteiger partial charge is 0.494 e. The van der Waals surface area contributed by atoms with Crippen LogP contribution in [0.4, 0.5) is 0 Å². The normalized spacial score (nSPS) is 9.47. The van der Waals surface area contributed by atoms with Crippen molar-refractivity contribution in [2.24, 2.45) is 0 Å². The second-order valence-electron chi connectivity index (χ2n) is 2.72. The van der Waals surface area contributed by atoms with Crippen molar-refractivity contribution in [1.82, 2.24) is 0 Å². The van der Waals surface area contributed by atoms with Crippen LogP contribution in [0.5, 0.6) is 17.2 Å². The Morgan fingerprint density at radius 3 is 1.87 bits per heavy atom. The third-order valence-electron chi connectivity index (χ3n) is 1.66. The Morgan fingerprint density at radius 2 is 1.47 bits per heavy atom. The molecule has 15 heavy (non-hydrogen) atoms. The quantitative estimate of drug-likeness (QED) is 0.674. The molecule has 4 nitrogen and oxygen atoms in total. The first-order chi connectivity index (χ1) is 7.30. The molecule has 1 aromatic carbocycles. The van der Waals surface area contributed by atoms with Gasteiger partial charge in [0.2, 0.25) is 0 Å². The van der Waals surface area contributed by atoms with Gasteiger partial charge in [0.05, 0.1) is 13.2 Å². The molecule has 0 atom stereocenters. The Morgan fingerprint density at radius 1 is 1.00 bits per heavy atom. The lowest BCUT2D eigenvalue weighted by Crippen LogP contribution is -1.97. The first-order valence-electron chi connectivity index (χ1n) is 4.81. The smallest absolute Gasteiger partial charge is 0.298 e. The molecule has 82 valence electrons. The minimum atomic E-state index is 0.376. The van der Waals surface area contributed by atoms with E-state index in [9.17, 15) is 4.79 Å². The van der Waals surface area contributed by atoms with E-state index in [0.717, 1.165) is 0 Å². The summed E-state index contributed by atoms with van der Waals surface area (Å²) >= 11 is 0. The molecular formula is C11H14O4. The minimum Gasteiger partial charge on any atom is -0.494 e. The fraction of sp³-hybridized carbons (Fsp3) is 0.364. The van der Waals surface area contributed by atoms with E-state index in [0.29, 0.717) is 36.9 Å². The molecule has 0 unspecified atom stereocenters. The molecule has 0 saturated carbocycles. The van der Waals surface area contributed by atoms with Crippen molar-refractivity contribution in [3.05, 3.63) is 18.2 Å². The van der Waals surface area contributed by atoms with E-state index < -0.39 is 0 Å². The van der Waals surface area contributed by atoms with Gasteiger partial charge < -0.3 is 14.2 Å². The highest BCUT2D eigenvalue weighted by Gasteiger charge is 2.03. The topological polar surface area (TPSA) is 44.8 Å². The Bertz CT molecular complexity index is 298. The maximum atomic E-state index is 10.2. The van der Waals surface area contributed by atoms with E-state index in [1.54, 1.807) is 18.2 Å². The predicted octanol–water partition coefficient (Wildman–Crippen LogP) is 2.02. The van der Waals surface area contributed by atoms with Gasteiger partial charge in [0, 0.05) is 18.2 Å². The van der Waals surface area contributed by atoms with Gasteiger partial charge in [-0.3, -0.25) is 4.79 Å². The Balaban J connectivity index is 2.91. The van der Waals surface area contributed by atoms with Crippen LogP contribution in [0.25, 0.3) is 0 Å². The summed E-state index contributed by atoms with van der Waals surface area (Å²) in [4.78, 5) is 10.2. The molecule has 0 fully saturated rings. The summed E-state index contributed by atoms with van der Waals surface area (Å²) in [7, 11) is 0. The van der Waals surface area contributed by atoms with Crippen LogP contribution < -0.4 is 14.2 Å². The van der Waals surface area contributed by atoms with Crippen molar-refractivity contribution < 1.29 is 19.0 Å². The summed E-state index contributed by atoms with van der Waals surface area (Å²) in [6, 6.07) is 5.03. The van der Waals surface area contributed by atoms with Gasteiger partial charge in [-0.05, 0) is 13.8 Å². The third-order valence-corrected chi connectivity index (χ3v) is 1.66. The van der Waals surface area contributed by atoms with Gasteiger partial charge >= 0.3 is 0 Å². The molecule has 0 aliphatic rings. The predicted molar refractivity (Wildman–Crippen MR) is 55.5 cm³/mol. The van der Waals surface area contributed by atoms with E-state index in [4.69, 9.17) is 14.2 Å². The maximum absolute atomic E-state index is 10.2. The van der Waals surface area contributed by atoms with Gasteiger partial charge in [-0.2, -0.15) is 0 Å². The lowest BCUT2D eigenvalue weighted by atomic mass is 10.3. The van der Waals surface area contributed by atoms with Gasteiger partial charge in [-0.15, -0.1) is 0 Å². The van der Waals surface area contributed by atoms with Crippen molar-refractivity contribution in [3.63, 3.8) is 0 Å². The van der Waals surface area contributed by atoms with Crippen LogP contribution in [0.15, 0.2) is 18.2 Å². The van der Waals surface area contributed by atoms with Crippen LogP contribution in [-0.4, -0.2) is 19.7 Å². The molecule has 0 spiro atoms. The SMILES string of the molecule is CCOc1cc(OC=O)cc(OCC)c1. The Hall–Kier alpha value is -1.71. The monoisotopic (exact) mass is 210 g/mol. The number of carbonyl (C=O) groups is 1. The van der Waals surface area contributed by atoms with Crippen LogP contribution in [-0.2, 0) is 4.79 Å². The van der Waals surface area contributed by atoms with E-state index in [-0.39, 0.29) is 0 Å². The summed E-state index contributed by atoms with van der Waals surface area (Å²) in [6.45, 7) is 5.24. The molecular weight excluding hydrogens is 196 g/mol. The molecule has 0 aromatic heterocycles. The number of hydrogen-bond acceptors (Lipinski definition) is 4. The number of ether oxygens (including phenoxy) is 3. The Labute approximate surface area is 88.8 Å².